The van der Waals surface area contributed by atoms with E-state index in [-0.39, 0.29) is 26.0 Å². The summed E-state index contributed by atoms with van der Waals surface area (Å²) in [6, 6.07) is 2.47. The van der Waals surface area contributed by atoms with E-state index in [1.165, 1.54) is 6.07 Å². The minimum absolute atomic E-state index is 0.0168. The van der Waals surface area contributed by atoms with Crippen molar-refractivity contribution in [2.24, 2.45) is 0 Å². The Morgan fingerprint density at radius 3 is 2.38 bits per heavy atom. The Balaban J connectivity index is 2.40. The van der Waals surface area contributed by atoms with Crippen molar-refractivity contribution in [3.05, 3.63) is 27.7 Å². The van der Waals surface area contributed by atoms with Gasteiger partial charge in [-0.25, -0.2) is 8.42 Å². The summed E-state index contributed by atoms with van der Waals surface area (Å²) in [4.78, 5) is 12.0. The molecule has 0 aliphatic heterocycles. The lowest BCUT2D eigenvalue weighted by Gasteiger charge is -2.42. The van der Waals surface area contributed by atoms with Gasteiger partial charge in [0.1, 0.15) is 4.90 Å². The molecule has 1 aliphatic rings. The lowest BCUT2D eigenvalue weighted by molar-refractivity contribution is 0.0820. The fourth-order valence-electron chi connectivity index (χ4n) is 2.39. The van der Waals surface area contributed by atoms with Crippen LogP contribution in [0.3, 0.4) is 0 Å². The molecule has 21 heavy (non-hydrogen) atoms. The Kier molecular flexibility index (Phi) is 4.78. The predicted molar refractivity (Wildman–Crippen MR) is 83.8 cm³/mol. The van der Waals surface area contributed by atoms with Crippen molar-refractivity contribution in [2.75, 3.05) is 0 Å². The van der Waals surface area contributed by atoms with E-state index >= 15 is 0 Å². The highest BCUT2D eigenvalue weighted by molar-refractivity contribution is 8.13. The Morgan fingerprint density at radius 2 is 1.95 bits per heavy atom. The maximum Gasteiger partial charge on any atom is 0.262 e. The summed E-state index contributed by atoms with van der Waals surface area (Å²) in [7, 11) is 1.23. The van der Waals surface area contributed by atoms with Gasteiger partial charge in [-0.15, -0.1) is 0 Å². The molecule has 0 spiro atoms. The first-order valence-electron chi connectivity index (χ1n) is 6.45. The molecule has 1 saturated carbocycles. The zero-order valence-electron chi connectivity index (χ0n) is 11.3. The van der Waals surface area contributed by atoms with Crippen LogP contribution in [0.2, 0.25) is 10.0 Å². The average Bonchev–Trinajstić information content (AvgIpc) is 2.34. The van der Waals surface area contributed by atoms with Gasteiger partial charge in [-0.3, -0.25) is 4.79 Å². The third kappa shape index (κ3) is 3.47. The maximum atomic E-state index is 12.4. The minimum atomic E-state index is -4.08. The summed E-state index contributed by atoms with van der Waals surface area (Å²) in [6.45, 7) is 1.99. The zero-order valence-corrected chi connectivity index (χ0v) is 14.3. The molecule has 1 N–H and O–H groups in total. The van der Waals surface area contributed by atoms with Crippen LogP contribution in [0.15, 0.2) is 17.0 Å². The lowest BCUT2D eigenvalue weighted by atomic mass is 9.74. The third-order valence-electron chi connectivity index (χ3n) is 3.88. The van der Waals surface area contributed by atoms with Gasteiger partial charge in [-0.05, 0) is 37.8 Å². The number of nitrogens with one attached hydrogen (secondary N) is 1. The topological polar surface area (TPSA) is 63.2 Å². The quantitative estimate of drug-likeness (QED) is 0.815. The molecule has 1 aromatic carbocycles. The van der Waals surface area contributed by atoms with Crippen LogP contribution >= 0.6 is 33.9 Å². The number of amides is 1. The fourth-order valence-corrected chi connectivity index (χ4v) is 4.24. The molecule has 1 fully saturated rings. The monoisotopic (exact) mass is 369 g/mol. The molecule has 0 bridgehead atoms. The van der Waals surface area contributed by atoms with Crippen LogP contribution in [0.5, 0.6) is 0 Å². The van der Waals surface area contributed by atoms with Crippen molar-refractivity contribution in [1.82, 2.24) is 5.32 Å². The number of halogens is 3. The third-order valence-corrected chi connectivity index (χ3v) is 5.96. The van der Waals surface area contributed by atoms with E-state index in [2.05, 4.69) is 5.32 Å². The first-order valence-corrected chi connectivity index (χ1v) is 9.51. The van der Waals surface area contributed by atoms with Crippen molar-refractivity contribution < 1.29 is 13.2 Å². The molecule has 116 valence electrons. The molecule has 0 heterocycles. The van der Waals surface area contributed by atoms with Crippen molar-refractivity contribution in [2.45, 2.75) is 43.0 Å². The van der Waals surface area contributed by atoms with Crippen molar-refractivity contribution >= 4 is 48.8 Å². The maximum absolute atomic E-state index is 12.4. The SMILES string of the molecule is CCC1(NC(=O)c2cc(Cl)cc(S(=O)(=O)Cl)c2Cl)CCC1. The summed E-state index contributed by atoms with van der Waals surface area (Å²) >= 11 is 11.9. The predicted octanol–water partition coefficient (Wildman–Crippen LogP) is 3.98. The number of rotatable bonds is 4. The number of carbonyl (C=O) groups is 1. The first kappa shape index (κ1) is 16.9. The number of hydrogen-bond acceptors (Lipinski definition) is 3. The van der Waals surface area contributed by atoms with Gasteiger partial charge in [0, 0.05) is 21.2 Å². The summed E-state index contributed by atoms with van der Waals surface area (Å²) in [5.74, 6) is -0.439. The van der Waals surface area contributed by atoms with Crippen LogP contribution in [0.4, 0.5) is 0 Å². The standard InChI is InChI=1S/C13H14Cl3NO3S/c1-2-13(4-3-5-13)17-12(18)9-6-8(14)7-10(11(9)15)21(16,19)20/h6-7H,2-5H2,1H3,(H,17,18). The van der Waals surface area contributed by atoms with E-state index in [0.29, 0.717) is 0 Å². The second-order valence-electron chi connectivity index (χ2n) is 5.14. The molecule has 2 rings (SSSR count). The van der Waals surface area contributed by atoms with Gasteiger partial charge in [0.2, 0.25) is 0 Å². The highest BCUT2D eigenvalue weighted by Gasteiger charge is 2.37. The van der Waals surface area contributed by atoms with E-state index in [4.69, 9.17) is 33.9 Å². The van der Waals surface area contributed by atoms with E-state index in [1.807, 2.05) is 6.92 Å². The van der Waals surface area contributed by atoms with Crippen LogP contribution in [-0.2, 0) is 9.05 Å². The first-order chi connectivity index (χ1) is 9.68. The van der Waals surface area contributed by atoms with Gasteiger partial charge in [0.15, 0.2) is 0 Å². The summed E-state index contributed by atoms with van der Waals surface area (Å²) in [5, 5.41) is 2.80. The molecule has 0 radical (unpaired) electrons. The van der Waals surface area contributed by atoms with Gasteiger partial charge in [0.25, 0.3) is 15.0 Å². The van der Waals surface area contributed by atoms with E-state index < -0.39 is 15.0 Å². The normalized spacial score (nSPS) is 17.1. The highest BCUT2D eigenvalue weighted by atomic mass is 35.7. The average molecular weight is 371 g/mol. The number of hydrogen-bond donors (Lipinski definition) is 1. The van der Waals surface area contributed by atoms with E-state index in [1.54, 1.807) is 0 Å². The summed E-state index contributed by atoms with van der Waals surface area (Å²) in [5.41, 5.74) is -0.217. The molecular formula is C13H14Cl3NO3S. The van der Waals surface area contributed by atoms with Crippen LogP contribution < -0.4 is 5.32 Å². The van der Waals surface area contributed by atoms with E-state index in [0.717, 1.165) is 31.7 Å². The summed E-state index contributed by atoms with van der Waals surface area (Å²) < 4.78 is 23.0. The Bertz CT molecular complexity index is 679. The zero-order chi connectivity index (χ0) is 15.8. The second-order valence-corrected chi connectivity index (χ2v) is 8.49. The number of benzene rings is 1. The second kappa shape index (κ2) is 5.95. The van der Waals surface area contributed by atoms with Gasteiger partial charge in [0.05, 0.1) is 10.6 Å². The molecule has 0 atom stereocenters. The molecule has 0 aromatic heterocycles. The molecule has 1 aromatic rings. The van der Waals surface area contributed by atoms with Crippen LogP contribution in [0.1, 0.15) is 43.0 Å². The molecule has 1 amide bonds. The molecule has 4 nitrogen and oxygen atoms in total. The summed E-state index contributed by atoms with van der Waals surface area (Å²) in [6.07, 6.45) is 3.65. The molecular weight excluding hydrogens is 357 g/mol. The highest BCUT2D eigenvalue weighted by Crippen LogP contribution is 2.36. The Hall–Kier alpha value is -0.490. The molecule has 0 saturated heterocycles. The molecule has 1 aliphatic carbocycles. The molecule has 8 heteroatoms. The van der Waals surface area contributed by atoms with Gasteiger partial charge in [-0.1, -0.05) is 30.1 Å². The Labute approximate surface area is 138 Å². The fraction of sp³-hybridized carbons (Fsp3) is 0.462. The van der Waals surface area contributed by atoms with Crippen LogP contribution in [0, 0.1) is 0 Å². The van der Waals surface area contributed by atoms with Crippen molar-refractivity contribution in [3.8, 4) is 0 Å². The van der Waals surface area contributed by atoms with Crippen LogP contribution in [0.25, 0.3) is 0 Å². The van der Waals surface area contributed by atoms with Gasteiger partial charge in [-0.2, -0.15) is 0 Å². The van der Waals surface area contributed by atoms with Crippen molar-refractivity contribution in [1.29, 1.82) is 0 Å². The number of carbonyl (C=O) groups excluding carboxylic acids is 1. The minimum Gasteiger partial charge on any atom is -0.347 e. The van der Waals surface area contributed by atoms with E-state index in [9.17, 15) is 13.2 Å². The van der Waals surface area contributed by atoms with Gasteiger partial charge < -0.3 is 5.32 Å². The van der Waals surface area contributed by atoms with Crippen LogP contribution in [-0.4, -0.2) is 19.9 Å². The smallest absolute Gasteiger partial charge is 0.262 e. The molecule has 0 unspecified atom stereocenters. The lowest BCUT2D eigenvalue weighted by Crippen LogP contribution is -2.53. The Morgan fingerprint density at radius 1 is 1.33 bits per heavy atom. The van der Waals surface area contributed by atoms with Crippen molar-refractivity contribution in [3.63, 3.8) is 0 Å². The van der Waals surface area contributed by atoms with Gasteiger partial charge >= 0.3 is 0 Å². The largest absolute Gasteiger partial charge is 0.347 e.